The van der Waals surface area contributed by atoms with E-state index in [1.807, 2.05) is 4.98 Å². The lowest BCUT2D eigenvalue weighted by Gasteiger charge is -2.15. The fourth-order valence-corrected chi connectivity index (χ4v) is 1.09. The number of halogens is 1. The fraction of sp³-hybridized carbons (Fsp3) is 0.375. The van der Waals surface area contributed by atoms with Gasteiger partial charge >= 0.3 is 11.7 Å². The number of nitrogens with one attached hydrogen (secondary N) is 1. The van der Waals surface area contributed by atoms with Crippen LogP contribution < -0.4 is 11.2 Å². The molecule has 16 heavy (non-hydrogen) atoms. The molecule has 0 radical (unpaired) electrons. The number of ether oxygens (including phenoxy) is 1. The van der Waals surface area contributed by atoms with Gasteiger partial charge in [0.25, 0.3) is 5.56 Å². The largest absolute Gasteiger partial charge is 0.439 e. The number of carbonyl (C=O) groups is 1. The molecule has 0 spiro atoms. The highest BCUT2D eigenvalue weighted by molar-refractivity contribution is 5.66. The number of hydrogen-bond donors (Lipinski definition) is 2. The third kappa shape index (κ3) is 2.34. The molecule has 0 saturated carbocycles. The van der Waals surface area contributed by atoms with Gasteiger partial charge in [0, 0.05) is 13.1 Å². The molecule has 0 bridgehead atoms. The molecule has 1 aromatic heterocycles. The number of aliphatic hydroxyl groups excluding tert-OH is 1. The monoisotopic (exact) mass is 232 g/mol. The minimum atomic E-state index is -1.54. The van der Waals surface area contributed by atoms with Crippen molar-refractivity contribution in [3.63, 3.8) is 0 Å². The molecule has 1 atom stereocenters. The molecule has 0 aromatic carbocycles. The predicted octanol–water partition coefficient (Wildman–Crippen LogP) is -1.27. The second-order valence-corrected chi connectivity index (χ2v) is 2.86. The summed E-state index contributed by atoms with van der Waals surface area (Å²) in [5.74, 6) is -2.03. The summed E-state index contributed by atoms with van der Waals surface area (Å²) >= 11 is 0. The minimum absolute atomic E-state index is 0.288. The molecule has 0 saturated heterocycles. The Morgan fingerprint density at radius 2 is 2.31 bits per heavy atom. The van der Waals surface area contributed by atoms with Crippen molar-refractivity contribution in [2.24, 2.45) is 0 Å². The van der Waals surface area contributed by atoms with E-state index in [1.54, 1.807) is 0 Å². The van der Waals surface area contributed by atoms with Crippen LogP contribution in [-0.4, -0.2) is 27.2 Å². The minimum Gasteiger partial charge on any atom is -0.439 e. The molecule has 1 rings (SSSR count). The lowest BCUT2D eigenvalue weighted by Crippen LogP contribution is -2.42. The number of aromatic nitrogens is 2. The Balaban J connectivity index is 3.30. The van der Waals surface area contributed by atoms with E-state index in [4.69, 9.17) is 5.11 Å². The van der Waals surface area contributed by atoms with Crippen LogP contribution >= 0.6 is 0 Å². The maximum Gasteiger partial charge on any atom is 0.331 e. The van der Waals surface area contributed by atoms with Gasteiger partial charge in [0.1, 0.15) is 6.61 Å². The second kappa shape index (κ2) is 4.71. The third-order valence-electron chi connectivity index (χ3n) is 1.71. The molecule has 7 nitrogen and oxygen atoms in total. The lowest BCUT2D eigenvalue weighted by atomic mass is 10.5. The first-order valence-corrected chi connectivity index (χ1v) is 4.25. The molecule has 1 aromatic rings. The SMILES string of the molecule is CC(=O)OC(CO)n1c(=O)[nH]cc(F)c1=O. The number of esters is 1. The molecular formula is C8H9FN2O5. The third-order valence-corrected chi connectivity index (χ3v) is 1.71. The topological polar surface area (TPSA) is 101 Å². The Kier molecular flexibility index (Phi) is 3.56. The molecule has 0 aliphatic rings. The quantitative estimate of drug-likeness (QED) is 0.633. The maximum absolute atomic E-state index is 12.9. The van der Waals surface area contributed by atoms with E-state index in [1.165, 1.54) is 0 Å². The second-order valence-electron chi connectivity index (χ2n) is 2.86. The van der Waals surface area contributed by atoms with Crippen molar-refractivity contribution in [1.29, 1.82) is 0 Å². The van der Waals surface area contributed by atoms with Crippen LogP contribution in [0, 0.1) is 5.82 Å². The first-order chi connectivity index (χ1) is 7.47. The van der Waals surface area contributed by atoms with E-state index < -0.39 is 35.9 Å². The maximum atomic E-state index is 12.9. The van der Waals surface area contributed by atoms with Crippen molar-refractivity contribution in [3.8, 4) is 0 Å². The van der Waals surface area contributed by atoms with Crippen molar-refractivity contribution < 1.29 is 19.0 Å². The van der Waals surface area contributed by atoms with Gasteiger partial charge in [0.05, 0.1) is 0 Å². The summed E-state index contributed by atoms with van der Waals surface area (Å²) in [6, 6.07) is 0. The molecule has 2 N–H and O–H groups in total. The number of carbonyl (C=O) groups excluding carboxylic acids is 1. The molecule has 8 heteroatoms. The average Bonchev–Trinajstić information content (AvgIpc) is 2.22. The highest BCUT2D eigenvalue weighted by atomic mass is 19.1. The van der Waals surface area contributed by atoms with E-state index in [0.29, 0.717) is 6.20 Å². The van der Waals surface area contributed by atoms with Crippen molar-refractivity contribution in [3.05, 3.63) is 32.9 Å². The first kappa shape index (κ1) is 12.1. The summed E-state index contributed by atoms with van der Waals surface area (Å²) < 4.78 is 17.6. The molecule has 88 valence electrons. The summed E-state index contributed by atoms with van der Waals surface area (Å²) in [6.45, 7) is 0.215. The van der Waals surface area contributed by atoms with E-state index in [9.17, 15) is 18.8 Å². The molecule has 1 unspecified atom stereocenters. The van der Waals surface area contributed by atoms with Crippen LogP contribution in [0.3, 0.4) is 0 Å². The Labute approximate surface area is 88.1 Å². The fourth-order valence-electron chi connectivity index (χ4n) is 1.09. The number of aliphatic hydroxyl groups is 1. The molecular weight excluding hydrogens is 223 g/mol. The van der Waals surface area contributed by atoms with E-state index in [-0.39, 0.29) is 4.57 Å². The Bertz CT molecular complexity index is 506. The number of nitrogens with zero attached hydrogens (tertiary/aromatic N) is 1. The summed E-state index contributed by atoms with van der Waals surface area (Å²) in [7, 11) is 0. The van der Waals surface area contributed by atoms with Gasteiger partial charge in [-0.25, -0.2) is 9.36 Å². The highest BCUT2D eigenvalue weighted by Crippen LogP contribution is 2.01. The van der Waals surface area contributed by atoms with Gasteiger partial charge in [-0.05, 0) is 0 Å². The zero-order chi connectivity index (χ0) is 12.3. The molecule has 0 aliphatic heterocycles. The molecule has 1 heterocycles. The van der Waals surface area contributed by atoms with Crippen LogP contribution in [0.5, 0.6) is 0 Å². The van der Waals surface area contributed by atoms with Crippen molar-refractivity contribution in [1.82, 2.24) is 9.55 Å². The Morgan fingerprint density at radius 1 is 1.69 bits per heavy atom. The predicted molar refractivity (Wildman–Crippen MR) is 49.2 cm³/mol. The van der Waals surface area contributed by atoms with E-state index in [2.05, 4.69) is 4.74 Å². The number of H-pyrrole nitrogens is 1. The summed E-state index contributed by atoms with van der Waals surface area (Å²) in [5, 5.41) is 8.86. The number of hydrogen-bond acceptors (Lipinski definition) is 5. The Hall–Kier alpha value is -1.96. The smallest absolute Gasteiger partial charge is 0.331 e. The molecule has 0 fully saturated rings. The van der Waals surface area contributed by atoms with Crippen LogP contribution in [0.15, 0.2) is 15.8 Å². The average molecular weight is 232 g/mol. The van der Waals surface area contributed by atoms with Gasteiger partial charge < -0.3 is 14.8 Å². The van der Waals surface area contributed by atoms with Crippen LogP contribution in [0.1, 0.15) is 13.2 Å². The summed E-state index contributed by atoms with van der Waals surface area (Å²) in [6.07, 6.45) is -0.951. The van der Waals surface area contributed by atoms with Crippen LogP contribution in [0.4, 0.5) is 4.39 Å². The zero-order valence-corrected chi connectivity index (χ0v) is 8.27. The lowest BCUT2D eigenvalue weighted by molar-refractivity contribution is -0.154. The molecule has 0 amide bonds. The highest BCUT2D eigenvalue weighted by Gasteiger charge is 2.19. The summed E-state index contributed by atoms with van der Waals surface area (Å²) in [5.41, 5.74) is -2.25. The van der Waals surface area contributed by atoms with Gasteiger partial charge in [-0.15, -0.1) is 0 Å². The van der Waals surface area contributed by atoms with Crippen molar-refractivity contribution >= 4 is 5.97 Å². The van der Waals surface area contributed by atoms with Crippen LogP contribution in [0.25, 0.3) is 0 Å². The first-order valence-electron chi connectivity index (χ1n) is 4.25. The van der Waals surface area contributed by atoms with Crippen molar-refractivity contribution in [2.75, 3.05) is 6.61 Å². The van der Waals surface area contributed by atoms with Crippen LogP contribution in [0.2, 0.25) is 0 Å². The number of aromatic amines is 1. The summed E-state index contributed by atoms with van der Waals surface area (Å²) in [4.78, 5) is 35.0. The van der Waals surface area contributed by atoms with Gasteiger partial charge in [0.15, 0.2) is 0 Å². The standard InChI is InChI=1S/C8H9FN2O5/c1-4(13)16-6(3-12)11-7(14)5(9)2-10-8(11)15/h2,6,12H,3H2,1H3,(H,10,15). The van der Waals surface area contributed by atoms with Crippen LogP contribution in [-0.2, 0) is 9.53 Å². The van der Waals surface area contributed by atoms with Gasteiger partial charge in [0.2, 0.25) is 12.0 Å². The van der Waals surface area contributed by atoms with Gasteiger partial charge in [-0.1, -0.05) is 0 Å². The molecule has 0 aliphatic carbocycles. The van der Waals surface area contributed by atoms with Gasteiger partial charge in [-0.2, -0.15) is 4.39 Å². The van der Waals surface area contributed by atoms with E-state index >= 15 is 0 Å². The van der Waals surface area contributed by atoms with Crippen molar-refractivity contribution in [2.45, 2.75) is 13.2 Å². The van der Waals surface area contributed by atoms with E-state index in [0.717, 1.165) is 6.92 Å². The normalized spacial score (nSPS) is 12.2. The number of rotatable bonds is 3. The van der Waals surface area contributed by atoms with Gasteiger partial charge in [-0.3, -0.25) is 9.59 Å². The zero-order valence-electron chi connectivity index (χ0n) is 8.27. The Morgan fingerprint density at radius 3 is 2.81 bits per heavy atom.